The van der Waals surface area contributed by atoms with Gasteiger partial charge in [-0.1, -0.05) is 12.1 Å². The van der Waals surface area contributed by atoms with E-state index in [1.807, 2.05) is 0 Å². The van der Waals surface area contributed by atoms with Crippen LogP contribution in [0.5, 0.6) is 0 Å². The molecular formula is C17H15N3O4S. The topological polar surface area (TPSA) is 90.3 Å². The summed E-state index contributed by atoms with van der Waals surface area (Å²) in [5.41, 5.74) is 0.578. The fraction of sp³-hybridized carbons (Fsp3) is 0.176. The molecule has 1 aromatic carbocycles. The molecule has 1 amide bonds. The fourth-order valence-corrected chi connectivity index (χ4v) is 3.11. The highest BCUT2D eigenvalue weighted by atomic mass is 32.1. The van der Waals surface area contributed by atoms with E-state index in [1.54, 1.807) is 42.6 Å². The third kappa shape index (κ3) is 3.58. The molecule has 2 aromatic heterocycles. The number of nitrogens with one attached hydrogen (secondary N) is 1. The minimum absolute atomic E-state index is 0.198. The van der Waals surface area contributed by atoms with Crippen LogP contribution < -0.4 is 10.9 Å². The molecule has 0 radical (unpaired) electrons. The zero-order chi connectivity index (χ0) is 17.8. The Morgan fingerprint density at radius 2 is 2.08 bits per heavy atom. The quantitative estimate of drug-likeness (QED) is 0.708. The van der Waals surface area contributed by atoms with Crippen molar-refractivity contribution in [2.45, 2.75) is 13.5 Å². The lowest BCUT2D eigenvalue weighted by molar-refractivity contribution is -0.116. The molecule has 0 saturated heterocycles. The summed E-state index contributed by atoms with van der Waals surface area (Å²) in [6.07, 6.45) is 1.34. The van der Waals surface area contributed by atoms with Gasteiger partial charge in [-0.25, -0.2) is 9.78 Å². The Bertz CT molecular complexity index is 993. The third-order valence-corrected chi connectivity index (χ3v) is 4.29. The summed E-state index contributed by atoms with van der Waals surface area (Å²) in [5.74, 6) is -0.921. The first-order valence-corrected chi connectivity index (χ1v) is 8.46. The molecule has 128 valence electrons. The lowest BCUT2D eigenvalue weighted by atomic mass is 10.2. The SMILES string of the molecule is CCOC(=O)c1ccsc1NC(=O)Cn1cnc2ccccc2c1=O. The molecule has 3 rings (SSSR count). The van der Waals surface area contributed by atoms with Crippen molar-refractivity contribution in [1.82, 2.24) is 9.55 Å². The first-order valence-electron chi connectivity index (χ1n) is 7.58. The molecule has 0 aliphatic rings. The summed E-state index contributed by atoms with van der Waals surface area (Å²) in [7, 11) is 0. The maximum absolute atomic E-state index is 12.4. The molecule has 3 aromatic rings. The molecular weight excluding hydrogens is 342 g/mol. The van der Waals surface area contributed by atoms with Gasteiger partial charge < -0.3 is 10.1 Å². The number of carbonyl (C=O) groups is 2. The second-order valence-corrected chi connectivity index (χ2v) is 6.04. The van der Waals surface area contributed by atoms with Crippen LogP contribution in [0.15, 0.2) is 46.8 Å². The van der Waals surface area contributed by atoms with Crippen LogP contribution in [-0.2, 0) is 16.1 Å². The first-order chi connectivity index (χ1) is 12.1. The lowest BCUT2D eigenvalue weighted by Gasteiger charge is -2.08. The van der Waals surface area contributed by atoms with E-state index in [-0.39, 0.29) is 18.7 Å². The number of ether oxygens (including phenoxy) is 1. The van der Waals surface area contributed by atoms with Crippen LogP contribution in [0, 0.1) is 0 Å². The molecule has 0 atom stereocenters. The van der Waals surface area contributed by atoms with E-state index in [9.17, 15) is 14.4 Å². The molecule has 2 heterocycles. The number of para-hydroxylation sites is 1. The summed E-state index contributed by atoms with van der Waals surface area (Å²) in [5, 5.41) is 5.17. The number of benzene rings is 1. The van der Waals surface area contributed by atoms with E-state index in [0.29, 0.717) is 21.5 Å². The highest BCUT2D eigenvalue weighted by molar-refractivity contribution is 7.14. The number of rotatable bonds is 5. The van der Waals surface area contributed by atoms with Crippen molar-refractivity contribution in [3.05, 3.63) is 58.0 Å². The molecule has 1 N–H and O–H groups in total. The van der Waals surface area contributed by atoms with Gasteiger partial charge in [0.1, 0.15) is 11.5 Å². The summed E-state index contributed by atoms with van der Waals surface area (Å²) >= 11 is 1.21. The van der Waals surface area contributed by atoms with Gasteiger partial charge in [0.25, 0.3) is 5.56 Å². The second-order valence-electron chi connectivity index (χ2n) is 5.13. The zero-order valence-electron chi connectivity index (χ0n) is 13.4. The molecule has 0 spiro atoms. The van der Waals surface area contributed by atoms with Gasteiger partial charge in [0.05, 0.1) is 29.4 Å². The van der Waals surface area contributed by atoms with Crippen LogP contribution in [0.1, 0.15) is 17.3 Å². The van der Waals surface area contributed by atoms with Gasteiger partial charge in [0, 0.05) is 0 Å². The Kier molecular flexibility index (Phi) is 4.90. The molecule has 8 heteroatoms. The van der Waals surface area contributed by atoms with Gasteiger partial charge in [0.15, 0.2) is 0 Å². The van der Waals surface area contributed by atoms with Crippen molar-refractivity contribution >= 4 is 39.1 Å². The highest BCUT2D eigenvalue weighted by Gasteiger charge is 2.16. The first kappa shape index (κ1) is 16.8. The molecule has 0 aliphatic carbocycles. The molecule has 0 unspecified atom stereocenters. The van der Waals surface area contributed by atoms with Gasteiger partial charge in [-0.15, -0.1) is 11.3 Å². The van der Waals surface area contributed by atoms with Crippen molar-refractivity contribution in [3.63, 3.8) is 0 Å². The van der Waals surface area contributed by atoms with E-state index in [1.165, 1.54) is 22.2 Å². The van der Waals surface area contributed by atoms with Crippen LogP contribution in [0.2, 0.25) is 0 Å². The molecule has 0 fully saturated rings. The van der Waals surface area contributed by atoms with E-state index < -0.39 is 11.9 Å². The Morgan fingerprint density at radius 3 is 2.88 bits per heavy atom. The Labute approximate surface area is 146 Å². The molecule has 0 bridgehead atoms. The highest BCUT2D eigenvalue weighted by Crippen LogP contribution is 2.24. The number of hydrogen-bond acceptors (Lipinski definition) is 6. The third-order valence-electron chi connectivity index (χ3n) is 3.46. The van der Waals surface area contributed by atoms with E-state index in [4.69, 9.17) is 4.74 Å². The van der Waals surface area contributed by atoms with E-state index in [0.717, 1.165) is 0 Å². The normalized spacial score (nSPS) is 10.6. The summed E-state index contributed by atoms with van der Waals surface area (Å²) in [6.45, 7) is 1.76. The average molecular weight is 357 g/mol. The monoisotopic (exact) mass is 357 g/mol. The number of anilines is 1. The van der Waals surface area contributed by atoms with Crippen LogP contribution in [0.3, 0.4) is 0 Å². The van der Waals surface area contributed by atoms with Crippen LogP contribution in [0.4, 0.5) is 5.00 Å². The van der Waals surface area contributed by atoms with Crippen molar-refractivity contribution in [2.75, 3.05) is 11.9 Å². The number of thiophene rings is 1. The smallest absolute Gasteiger partial charge is 0.341 e. The largest absolute Gasteiger partial charge is 0.462 e. The maximum Gasteiger partial charge on any atom is 0.341 e. The van der Waals surface area contributed by atoms with Gasteiger partial charge in [-0.05, 0) is 30.5 Å². The Balaban J connectivity index is 1.78. The van der Waals surface area contributed by atoms with Crippen molar-refractivity contribution in [1.29, 1.82) is 0 Å². The van der Waals surface area contributed by atoms with Crippen molar-refractivity contribution in [3.8, 4) is 0 Å². The van der Waals surface area contributed by atoms with Crippen LogP contribution in [-0.4, -0.2) is 28.0 Å². The average Bonchev–Trinajstić information content (AvgIpc) is 3.06. The van der Waals surface area contributed by atoms with Gasteiger partial charge >= 0.3 is 5.97 Å². The molecule has 0 aliphatic heterocycles. The minimum atomic E-state index is -0.497. The van der Waals surface area contributed by atoms with Crippen molar-refractivity contribution in [2.24, 2.45) is 0 Å². The second kappa shape index (κ2) is 7.27. The number of amides is 1. The van der Waals surface area contributed by atoms with Crippen molar-refractivity contribution < 1.29 is 14.3 Å². The Hall–Kier alpha value is -3.00. The van der Waals surface area contributed by atoms with Gasteiger partial charge in [0.2, 0.25) is 5.91 Å². The lowest BCUT2D eigenvalue weighted by Crippen LogP contribution is -2.28. The summed E-state index contributed by atoms with van der Waals surface area (Å²) in [4.78, 5) is 40.7. The van der Waals surface area contributed by atoms with E-state index >= 15 is 0 Å². The number of hydrogen-bond donors (Lipinski definition) is 1. The number of nitrogens with zero attached hydrogens (tertiary/aromatic N) is 2. The number of aromatic nitrogens is 2. The Morgan fingerprint density at radius 1 is 1.28 bits per heavy atom. The molecule has 7 nitrogen and oxygen atoms in total. The number of esters is 1. The van der Waals surface area contributed by atoms with Crippen LogP contribution >= 0.6 is 11.3 Å². The van der Waals surface area contributed by atoms with Gasteiger partial charge in [-0.3, -0.25) is 14.2 Å². The predicted octanol–water partition coefficient (Wildman–Crippen LogP) is 2.27. The predicted molar refractivity (Wildman–Crippen MR) is 94.9 cm³/mol. The minimum Gasteiger partial charge on any atom is -0.462 e. The standard InChI is InChI=1S/C17H15N3O4S/c1-2-24-17(23)12-7-8-25-15(12)19-14(21)9-20-10-18-13-6-4-3-5-11(13)16(20)22/h3-8,10H,2,9H2,1H3,(H,19,21). The summed E-state index contributed by atoms with van der Waals surface area (Å²) in [6, 6.07) is 8.52. The molecule has 0 saturated carbocycles. The number of carbonyl (C=O) groups excluding carboxylic acids is 2. The number of fused-ring (bicyclic) bond motifs is 1. The molecule has 25 heavy (non-hydrogen) atoms. The van der Waals surface area contributed by atoms with Crippen LogP contribution in [0.25, 0.3) is 10.9 Å². The maximum atomic E-state index is 12.4. The van der Waals surface area contributed by atoms with Gasteiger partial charge in [-0.2, -0.15) is 0 Å². The summed E-state index contributed by atoms with van der Waals surface area (Å²) < 4.78 is 6.18. The fourth-order valence-electron chi connectivity index (χ4n) is 2.32. The zero-order valence-corrected chi connectivity index (χ0v) is 14.2. The van der Waals surface area contributed by atoms with E-state index in [2.05, 4.69) is 10.3 Å².